The molecule has 2 atom stereocenters. The molecule has 2 unspecified atom stereocenters. The highest BCUT2D eigenvalue weighted by Crippen LogP contribution is 2.61. The third-order valence-corrected chi connectivity index (χ3v) is 8.59. The molecule has 1 spiro atoms. The predicted molar refractivity (Wildman–Crippen MR) is 182 cm³/mol. The minimum atomic E-state index is -0.168. The van der Waals surface area contributed by atoms with Crippen LogP contribution >= 0.6 is 0 Å². The van der Waals surface area contributed by atoms with Gasteiger partial charge in [-0.2, -0.15) is 0 Å². The molecule has 0 saturated carbocycles. The van der Waals surface area contributed by atoms with Gasteiger partial charge in [0.05, 0.1) is 5.41 Å². The summed E-state index contributed by atoms with van der Waals surface area (Å²) in [5.41, 5.74) is 15.7. The van der Waals surface area contributed by atoms with Crippen molar-refractivity contribution in [3.63, 3.8) is 0 Å². The zero-order valence-corrected chi connectivity index (χ0v) is 26.8. The first kappa shape index (κ1) is 29.8. The first-order valence-corrected chi connectivity index (χ1v) is 16.0. The minimum Gasteiger partial charge on any atom is -0.0789 e. The summed E-state index contributed by atoms with van der Waals surface area (Å²) in [6, 6.07) is 34.0. The standard InChI is InChI=1S/C28H24.C10H14.C4H10/c1-18-12-14-25-21(15-18)17-20-7-3-5-9-24(20)28(25)26-10-6-4-8-22(26)23-13-11-19(2)16-27(23)28;1-3-4-10-7-5-9(2)6-8-10;1-4(2)3/h3-11,13-16,18H,12,17H2,1-2H3;5-8H,3-4H2,1-2H3;4H,1-3H3. The maximum atomic E-state index is 2.55. The van der Waals surface area contributed by atoms with Gasteiger partial charge in [0.25, 0.3) is 0 Å². The van der Waals surface area contributed by atoms with Crippen molar-refractivity contribution in [3.05, 3.63) is 153 Å². The van der Waals surface area contributed by atoms with Crippen LogP contribution in [0.5, 0.6) is 0 Å². The molecule has 42 heavy (non-hydrogen) atoms. The van der Waals surface area contributed by atoms with Gasteiger partial charge in [0.15, 0.2) is 0 Å². The van der Waals surface area contributed by atoms with Crippen LogP contribution < -0.4 is 0 Å². The minimum absolute atomic E-state index is 0.168. The number of hydrogen-bond acceptors (Lipinski definition) is 0. The van der Waals surface area contributed by atoms with E-state index in [2.05, 4.69) is 152 Å². The maximum Gasteiger partial charge on any atom is 0.0716 e. The first-order chi connectivity index (χ1) is 20.2. The molecule has 7 rings (SSSR count). The smallest absolute Gasteiger partial charge is 0.0716 e. The van der Waals surface area contributed by atoms with E-state index >= 15 is 0 Å². The molecule has 0 nitrogen and oxygen atoms in total. The Balaban J connectivity index is 0.000000211. The monoisotopic (exact) mass is 552 g/mol. The Morgan fingerprint density at radius 2 is 1.36 bits per heavy atom. The third-order valence-electron chi connectivity index (χ3n) is 8.59. The SMILES string of the molecule is CC(C)C.CCCc1ccc(C)cc1.Cc1ccc2c(c1)C1(C3=CCC(C)C=C3Cc3ccccc31)c1ccccc1-2. The van der Waals surface area contributed by atoms with Gasteiger partial charge in [0.1, 0.15) is 0 Å². The molecule has 0 fully saturated rings. The summed E-state index contributed by atoms with van der Waals surface area (Å²) in [7, 11) is 0. The molecule has 0 radical (unpaired) electrons. The Morgan fingerprint density at radius 3 is 2.07 bits per heavy atom. The molecular weight excluding hydrogens is 504 g/mol. The van der Waals surface area contributed by atoms with Gasteiger partial charge in [-0.3, -0.25) is 0 Å². The van der Waals surface area contributed by atoms with Crippen LogP contribution in [0.1, 0.15) is 86.4 Å². The molecule has 0 N–H and O–H groups in total. The molecule has 0 heteroatoms. The van der Waals surface area contributed by atoms with Crippen molar-refractivity contribution in [3.8, 4) is 11.1 Å². The lowest BCUT2D eigenvalue weighted by atomic mass is 9.58. The van der Waals surface area contributed by atoms with Crippen molar-refractivity contribution in [2.75, 3.05) is 0 Å². The third kappa shape index (κ3) is 5.69. The molecule has 0 heterocycles. The first-order valence-electron chi connectivity index (χ1n) is 16.0. The fourth-order valence-corrected chi connectivity index (χ4v) is 6.89. The molecule has 0 saturated heterocycles. The summed E-state index contributed by atoms with van der Waals surface area (Å²) in [4.78, 5) is 0. The van der Waals surface area contributed by atoms with Crippen molar-refractivity contribution in [2.24, 2.45) is 11.8 Å². The largest absolute Gasteiger partial charge is 0.0789 e. The molecule has 4 aromatic carbocycles. The lowest BCUT2D eigenvalue weighted by Gasteiger charge is -2.43. The van der Waals surface area contributed by atoms with Gasteiger partial charge < -0.3 is 0 Å². The average Bonchev–Trinajstić information content (AvgIpc) is 3.24. The highest BCUT2D eigenvalue weighted by atomic mass is 14.5. The molecule has 0 aromatic heterocycles. The van der Waals surface area contributed by atoms with Gasteiger partial charge >= 0.3 is 0 Å². The molecule has 0 amide bonds. The zero-order chi connectivity index (χ0) is 29.9. The van der Waals surface area contributed by atoms with Crippen molar-refractivity contribution in [2.45, 2.75) is 79.6 Å². The highest BCUT2D eigenvalue weighted by Gasteiger charge is 2.51. The Hall–Kier alpha value is -3.64. The molecule has 0 bridgehead atoms. The van der Waals surface area contributed by atoms with Gasteiger partial charge in [-0.25, -0.2) is 0 Å². The van der Waals surface area contributed by atoms with Gasteiger partial charge in [-0.15, -0.1) is 0 Å². The van der Waals surface area contributed by atoms with Crippen LogP contribution in [-0.4, -0.2) is 0 Å². The van der Waals surface area contributed by atoms with Crippen LogP contribution in [0, 0.1) is 25.7 Å². The van der Waals surface area contributed by atoms with Crippen molar-refractivity contribution in [1.29, 1.82) is 0 Å². The lowest BCUT2D eigenvalue weighted by molar-refractivity contribution is 0.648. The van der Waals surface area contributed by atoms with Crippen molar-refractivity contribution >= 4 is 0 Å². The highest BCUT2D eigenvalue weighted by molar-refractivity contribution is 5.88. The quantitative estimate of drug-likeness (QED) is 0.232. The average molecular weight is 553 g/mol. The summed E-state index contributed by atoms with van der Waals surface area (Å²) in [5.74, 6) is 1.45. The van der Waals surface area contributed by atoms with Crippen molar-refractivity contribution < 1.29 is 0 Å². The van der Waals surface area contributed by atoms with Crippen LogP contribution in [0.2, 0.25) is 0 Å². The van der Waals surface area contributed by atoms with E-state index in [4.69, 9.17) is 0 Å². The molecule has 4 aromatic rings. The van der Waals surface area contributed by atoms with E-state index in [0.29, 0.717) is 5.92 Å². The van der Waals surface area contributed by atoms with E-state index in [1.54, 1.807) is 0 Å². The van der Waals surface area contributed by atoms with E-state index in [1.165, 1.54) is 74.1 Å². The molecular formula is C42H48. The second kappa shape index (κ2) is 12.7. The maximum absolute atomic E-state index is 2.55. The Kier molecular flexibility index (Phi) is 9.02. The van der Waals surface area contributed by atoms with Crippen LogP contribution in [-0.2, 0) is 18.3 Å². The second-order valence-electron chi connectivity index (χ2n) is 13.2. The number of allylic oxidation sites excluding steroid dienone is 4. The molecule has 3 aliphatic carbocycles. The van der Waals surface area contributed by atoms with Gasteiger partial charge in [0.2, 0.25) is 0 Å². The summed E-state index contributed by atoms with van der Waals surface area (Å²) in [6.45, 7) is 15.4. The number of rotatable bonds is 2. The number of hydrogen-bond donors (Lipinski definition) is 0. The van der Waals surface area contributed by atoms with Crippen LogP contribution in [0.4, 0.5) is 0 Å². The topological polar surface area (TPSA) is 0 Å². The van der Waals surface area contributed by atoms with Gasteiger partial charge in [0, 0.05) is 0 Å². The Bertz CT molecular complexity index is 1590. The van der Waals surface area contributed by atoms with Crippen molar-refractivity contribution in [1.82, 2.24) is 0 Å². The summed E-state index contributed by atoms with van der Waals surface area (Å²) in [5, 5.41) is 0. The number of fused-ring (bicyclic) bond motifs is 9. The van der Waals surface area contributed by atoms with Gasteiger partial charge in [-0.05, 0) is 95.0 Å². The Labute approximate surface area is 255 Å². The normalized spacial score (nSPS) is 19.2. The van der Waals surface area contributed by atoms with Gasteiger partial charge in [-0.1, -0.05) is 155 Å². The van der Waals surface area contributed by atoms with E-state index in [1.807, 2.05) is 0 Å². The fraction of sp³-hybridized carbons (Fsp3) is 0.333. The Morgan fingerprint density at radius 1 is 0.738 bits per heavy atom. The predicted octanol–water partition coefficient (Wildman–Crippen LogP) is 11.4. The number of benzene rings is 4. The van der Waals surface area contributed by atoms with E-state index in [0.717, 1.165) is 18.8 Å². The van der Waals surface area contributed by atoms with Crippen LogP contribution in [0.25, 0.3) is 11.1 Å². The second-order valence-corrected chi connectivity index (χ2v) is 13.2. The number of aryl methyl sites for hydroxylation is 3. The van der Waals surface area contributed by atoms with Crippen LogP contribution in [0.15, 0.2) is 114 Å². The van der Waals surface area contributed by atoms with E-state index in [9.17, 15) is 0 Å². The summed E-state index contributed by atoms with van der Waals surface area (Å²) in [6.07, 6.45) is 9.71. The summed E-state index contributed by atoms with van der Waals surface area (Å²) < 4.78 is 0. The zero-order valence-electron chi connectivity index (χ0n) is 26.8. The molecule has 216 valence electrons. The molecule has 3 aliphatic rings. The summed E-state index contributed by atoms with van der Waals surface area (Å²) >= 11 is 0. The lowest BCUT2D eigenvalue weighted by Crippen LogP contribution is -2.36. The van der Waals surface area contributed by atoms with E-state index in [-0.39, 0.29) is 5.41 Å². The van der Waals surface area contributed by atoms with E-state index < -0.39 is 0 Å². The fourth-order valence-electron chi connectivity index (χ4n) is 6.89. The molecule has 0 aliphatic heterocycles. The van der Waals surface area contributed by atoms with Crippen LogP contribution in [0.3, 0.4) is 0 Å².